The van der Waals surface area contributed by atoms with E-state index in [9.17, 15) is 4.79 Å². The molecular formula is C11H12Cl2O. The van der Waals surface area contributed by atoms with Crippen LogP contribution in [0.2, 0.25) is 0 Å². The van der Waals surface area contributed by atoms with Crippen molar-refractivity contribution < 1.29 is 4.79 Å². The van der Waals surface area contributed by atoms with Gasteiger partial charge in [-0.2, -0.15) is 0 Å². The van der Waals surface area contributed by atoms with Gasteiger partial charge in [-0.15, -0.1) is 23.2 Å². The molecule has 1 unspecified atom stereocenters. The normalized spacial score (nSPS) is 12.6. The SMILES string of the molecule is CC(=O)C(Cl)c1ccc(CCl)c(C)c1. The zero-order chi connectivity index (χ0) is 10.7. The van der Waals surface area contributed by atoms with Crippen LogP contribution < -0.4 is 0 Å². The van der Waals surface area contributed by atoms with E-state index in [1.807, 2.05) is 25.1 Å². The number of carbonyl (C=O) groups is 1. The number of halogens is 2. The molecule has 0 amide bonds. The van der Waals surface area contributed by atoms with Gasteiger partial charge in [-0.3, -0.25) is 4.79 Å². The van der Waals surface area contributed by atoms with Gasteiger partial charge >= 0.3 is 0 Å². The highest BCUT2D eigenvalue weighted by atomic mass is 35.5. The van der Waals surface area contributed by atoms with Gasteiger partial charge in [-0.25, -0.2) is 0 Å². The molecule has 0 N–H and O–H groups in total. The summed E-state index contributed by atoms with van der Waals surface area (Å²) < 4.78 is 0. The average Bonchev–Trinajstić information content (AvgIpc) is 2.16. The number of hydrogen-bond acceptors (Lipinski definition) is 1. The van der Waals surface area contributed by atoms with Crippen LogP contribution in [0, 0.1) is 6.92 Å². The summed E-state index contributed by atoms with van der Waals surface area (Å²) >= 11 is 11.7. The molecule has 0 aliphatic carbocycles. The van der Waals surface area contributed by atoms with E-state index in [0.717, 1.165) is 16.7 Å². The lowest BCUT2D eigenvalue weighted by Gasteiger charge is -2.09. The molecule has 3 heteroatoms. The number of alkyl halides is 2. The summed E-state index contributed by atoms with van der Waals surface area (Å²) in [5.74, 6) is 0.448. The van der Waals surface area contributed by atoms with Crippen molar-refractivity contribution in [3.8, 4) is 0 Å². The first-order valence-electron chi connectivity index (χ1n) is 4.36. The van der Waals surface area contributed by atoms with Crippen molar-refractivity contribution in [2.24, 2.45) is 0 Å². The maximum atomic E-state index is 11.1. The predicted molar refractivity (Wildman–Crippen MR) is 60.0 cm³/mol. The van der Waals surface area contributed by atoms with Crippen LogP contribution in [0.1, 0.15) is 29.0 Å². The van der Waals surface area contributed by atoms with Crippen molar-refractivity contribution in [1.82, 2.24) is 0 Å². The van der Waals surface area contributed by atoms with Gasteiger partial charge in [-0.05, 0) is 30.5 Å². The topological polar surface area (TPSA) is 17.1 Å². The fourth-order valence-electron chi connectivity index (χ4n) is 1.26. The second-order valence-corrected chi connectivity index (χ2v) is 4.00. The van der Waals surface area contributed by atoms with E-state index in [1.165, 1.54) is 6.92 Å². The van der Waals surface area contributed by atoms with Crippen LogP contribution in [-0.2, 0) is 10.7 Å². The van der Waals surface area contributed by atoms with Crippen LogP contribution in [-0.4, -0.2) is 5.78 Å². The van der Waals surface area contributed by atoms with Gasteiger partial charge in [0.1, 0.15) is 5.38 Å². The van der Waals surface area contributed by atoms with Crippen molar-refractivity contribution >= 4 is 29.0 Å². The Morgan fingerprint density at radius 2 is 2.14 bits per heavy atom. The molecule has 14 heavy (non-hydrogen) atoms. The Kier molecular flexibility index (Phi) is 3.97. The van der Waals surface area contributed by atoms with E-state index >= 15 is 0 Å². The van der Waals surface area contributed by atoms with E-state index in [-0.39, 0.29) is 5.78 Å². The van der Waals surface area contributed by atoms with Crippen LogP contribution in [0.3, 0.4) is 0 Å². The monoisotopic (exact) mass is 230 g/mol. The summed E-state index contributed by atoms with van der Waals surface area (Å²) in [5.41, 5.74) is 2.98. The maximum Gasteiger partial charge on any atom is 0.152 e. The smallest absolute Gasteiger partial charge is 0.152 e. The molecular weight excluding hydrogens is 219 g/mol. The van der Waals surface area contributed by atoms with Crippen LogP contribution in [0.5, 0.6) is 0 Å². The van der Waals surface area contributed by atoms with Gasteiger partial charge in [0.25, 0.3) is 0 Å². The first kappa shape index (κ1) is 11.5. The summed E-state index contributed by atoms with van der Waals surface area (Å²) in [7, 11) is 0. The van der Waals surface area contributed by atoms with Gasteiger partial charge in [-0.1, -0.05) is 18.2 Å². The first-order chi connectivity index (χ1) is 6.56. The molecule has 1 aromatic carbocycles. The first-order valence-corrected chi connectivity index (χ1v) is 5.33. The molecule has 1 nitrogen and oxygen atoms in total. The van der Waals surface area contributed by atoms with Crippen LogP contribution in [0.4, 0.5) is 0 Å². The van der Waals surface area contributed by atoms with Gasteiger partial charge in [0.05, 0.1) is 0 Å². The lowest BCUT2D eigenvalue weighted by atomic mass is 10.0. The molecule has 0 aliphatic rings. The highest BCUT2D eigenvalue weighted by Gasteiger charge is 2.13. The average molecular weight is 231 g/mol. The predicted octanol–water partition coefficient (Wildman–Crippen LogP) is 3.60. The summed E-state index contributed by atoms with van der Waals surface area (Å²) in [6.07, 6.45) is 0. The molecule has 0 aliphatic heterocycles. The van der Waals surface area contributed by atoms with E-state index in [4.69, 9.17) is 23.2 Å². The molecule has 0 fully saturated rings. The van der Waals surface area contributed by atoms with Crippen molar-refractivity contribution in [3.63, 3.8) is 0 Å². The third-order valence-electron chi connectivity index (χ3n) is 2.16. The summed E-state index contributed by atoms with van der Waals surface area (Å²) in [5, 5.41) is -0.543. The second-order valence-electron chi connectivity index (χ2n) is 3.29. The van der Waals surface area contributed by atoms with Crippen LogP contribution in [0.15, 0.2) is 18.2 Å². The molecule has 0 saturated carbocycles. The van der Waals surface area contributed by atoms with E-state index < -0.39 is 5.38 Å². The van der Waals surface area contributed by atoms with Crippen molar-refractivity contribution in [3.05, 3.63) is 34.9 Å². The molecule has 76 valence electrons. The van der Waals surface area contributed by atoms with E-state index in [2.05, 4.69) is 0 Å². The summed E-state index contributed by atoms with van der Waals surface area (Å²) in [4.78, 5) is 11.1. The molecule has 0 aromatic heterocycles. The molecule has 0 bridgehead atoms. The van der Waals surface area contributed by atoms with Crippen LogP contribution >= 0.6 is 23.2 Å². The Morgan fingerprint density at radius 3 is 2.57 bits per heavy atom. The number of Topliss-reactive ketones (excluding diaryl/α,β-unsaturated/α-hetero) is 1. The number of ketones is 1. The van der Waals surface area contributed by atoms with Gasteiger partial charge < -0.3 is 0 Å². The standard InChI is InChI=1S/C11H12Cl2O/c1-7-5-9(11(13)8(2)14)3-4-10(7)6-12/h3-5,11H,6H2,1-2H3. The lowest BCUT2D eigenvalue weighted by molar-refractivity contribution is -0.116. The largest absolute Gasteiger partial charge is 0.298 e. The van der Waals surface area contributed by atoms with Gasteiger partial charge in [0, 0.05) is 5.88 Å². The van der Waals surface area contributed by atoms with Gasteiger partial charge in [0.15, 0.2) is 5.78 Å². The molecule has 0 heterocycles. The summed E-state index contributed by atoms with van der Waals surface area (Å²) in [6, 6.07) is 5.68. The molecule has 1 aromatic rings. The lowest BCUT2D eigenvalue weighted by Crippen LogP contribution is -2.02. The van der Waals surface area contributed by atoms with Crippen molar-refractivity contribution in [1.29, 1.82) is 0 Å². The zero-order valence-corrected chi connectivity index (χ0v) is 9.69. The fourth-order valence-corrected chi connectivity index (χ4v) is 1.70. The number of benzene rings is 1. The van der Waals surface area contributed by atoms with Crippen molar-refractivity contribution in [2.45, 2.75) is 25.1 Å². The van der Waals surface area contributed by atoms with E-state index in [0.29, 0.717) is 5.88 Å². The quantitative estimate of drug-likeness (QED) is 0.726. The Morgan fingerprint density at radius 1 is 1.50 bits per heavy atom. The molecule has 1 atom stereocenters. The third-order valence-corrected chi connectivity index (χ3v) is 3.01. The van der Waals surface area contributed by atoms with Gasteiger partial charge in [0.2, 0.25) is 0 Å². The highest BCUT2D eigenvalue weighted by Crippen LogP contribution is 2.24. The Balaban J connectivity index is 3.02. The number of aryl methyl sites for hydroxylation is 1. The molecule has 0 spiro atoms. The second kappa shape index (κ2) is 4.81. The van der Waals surface area contributed by atoms with E-state index in [1.54, 1.807) is 0 Å². The number of hydrogen-bond donors (Lipinski definition) is 0. The Labute approximate surface area is 94.0 Å². The minimum Gasteiger partial charge on any atom is -0.298 e. The molecule has 0 radical (unpaired) electrons. The zero-order valence-electron chi connectivity index (χ0n) is 8.18. The fraction of sp³-hybridized carbons (Fsp3) is 0.364. The highest BCUT2D eigenvalue weighted by molar-refractivity contribution is 6.30. The third kappa shape index (κ3) is 2.49. The number of carbonyl (C=O) groups excluding carboxylic acids is 1. The Hall–Kier alpha value is -0.530. The number of rotatable bonds is 3. The maximum absolute atomic E-state index is 11.1. The minimum atomic E-state index is -0.543. The minimum absolute atomic E-state index is 0.0373. The van der Waals surface area contributed by atoms with Crippen molar-refractivity contribution in [2.75, 3.05) is 0 Å². The molecule has 0 saturated heterocycles. The molecule has 1 rings (SSSR count). The summed E-state index contributed by atoms with van der Waals surface area (Å²) in [6.45, 7) is 3.45. The van der Waals surface area contributed by atoms with Crippen LogP contribution in [0.25, 0.3) is 0 Å². The Bertz CT molecular complexity index is 347.